The average Bonchev–Trinajstić information content (AvgIpc) is 3.41. The van der Waals surface area contributed by atoms with Crippen LogP contribution in [0.3, 0.4) is 0 Å². The molecule has 0 fully saturated rings. The first-order valence-electron chi connectivity index (χ1n) is 15.7. The van der Waals surface area contributed by atoms with Crippen LogP contribution in [0.1, 0.15) is 20.8 Å². The molecular formula is C42H34Br2IrN3O2. The number of hydrogen-bond donors (Lipinski definition) is 0. The molecule has 5 nitrogen and oxygen atoms in total. The van der Waals surface area contributed by atoms with Gasteiger partial charge < -0.3 is 19.6 Å². The molecule has 0 radical (unpaired) electrons. The predicted octanol–water partition coefficient (Wildman–Crippen LogP) is 10.3. The van der Waals surface area contributed by atoms with E-state index in [1.807, 2.05) is 135 Å². The molecule has 0 amide bonds. The third-order valence-corrected chi connectivity index (χ3v) is 8.42. The number of carbonyl (C=O) groups excluding carboxylic acids is 1. The van der Waals surface area contributed by atoms with Crippen molar-refractivity contribution in [2.75, 3.05) is 0 Å². The molecule has 0 bridgehead atoms. The number of fused-ring (bicyclic) bond motifs is 3. The van der Waals surface area contributed by atoms with Crippen LogP contribution in [-0.2, 0) is 31.4 Å². The number of ketones is 1. The Morgan fingerprint density at radius 2 is 1.18 bits per heavy atom. The molecule has 0 unspecified atom stereocenters. The summed E-state index contributed by atoms with van der Waals surface area (Å²) >= 11 is 7.03. The molecule has 50 heavy (non-hydrogen) atoms. The van der Waals surface area contributed by atoms with Gasteiger partial charge in [-0.15, -0.1) is 77.5 Å². The molecule has 0 atom stereocenters. The summed E-state index contributed by atoms with van der Waals surface area (Å²) in [6.45, 7) is 5.59. The van der Waals surface area contributed by atoms with Gasteiger partial charge in [0.25, 0.3) is 0 Å². The van der Waals surface area contributed by atoms with E-state index in [-0.39, 0.29) is 38.2 Å². The van der Waals surface area contributed by atoms with Crippen LogP contribution in [0.2, 0.25) is 0 Å². The first kappa shape index (κ1) is 38.6. The molecule has 0 aliphatic heterocycles. The molecule has 3 heterocycles. The maximum absolute atomic E-state index is 12.5. The van der Waals surface area contributed by atoms with E-state index in [2.05, 4.69) is 66.1 Å². The minimum absolute atomic E-state index is 0. The third-order valence-electron chi connectivity index (χ3n) is 7.43. The molecule has 0 aliphatic rings. The van der Waals surface area contributed by atoms with Crippen LogP contribution in [0.4, 0.5) is 0 Å². The number of benzene rings is 4. The van der Waals surface area contributed by atoms with E-state index in [4.69, 9.17) is 0 Å². The van der Waals surface area contributed by atoms with Gasteiger partial charge in [0.05, 0.1) is 6.54 Å². The normalized spacial score (nSPS) is 11.1. The summed E-state index contributed by atoms with van der Waals surface area (Å²) in [5.74, 6) is -0.340. The number of rotatable bonds is 5. The van der Waals surface area contributed by atoms with Crippen molar-refractivity contribution in [1.29, 1.82) is 0 Å². The van der Waals surface area contributed by atoms with E-state index >= 15 is 0 Å². The Balaban J connectivity index is 0.000000187. The van der Waals surface area contributed by atoms with Crippen molar-refractivity contribution < 1.29 is 30.0 Å². The summed E-state index contributed by atoms with van der Waals surface area (Å²) in [4.78, 5) is 20.9. The number of hydrogen-bond acceptors (Lipinski definition) is 4. The zero-order chi connectivity index (χ0) is 34.8. The summed E-state index contributed by atoms with van der Waals surface area (Å²) in [6.07, 6.45) is 4.81. The van der Waals surface area contributed by atoms with Gasteiger partial charge in [0.1, 0.15) is 0 Å². The summed E-state index contributed by atoms with van der Waals surface area (Å²) in [5.41, 5.74) is 5.42. The molecule has 252 valence electrons. The van der Waals surface area contributed by atoms with Crippen molar-refractivity contribution in [3.05, 3.63) is 167 Å². The Labute approximate surface area is 323 Å². The molecular weight excluding hydrogens is 931 g/mol. The van der Waals surface area contributed by atoms with Crippen LogP contribution in [0, 0.1) is 17.5 Å². The molecule has 4 aromatic carbocycles. The summed E-state index contributed by atoms with van der Waals surface area (Å²) < 4.78 is 3.94. The van der Waals surface area contributed by atoms with E-state index in [1.54, 1.807) is 12.4 Å². The molecule has 7 rings (SSSR count). The first-order valence-corrected chi connectivity index (χ1v) is 17.2. The average molecular weight is 965 g/mol. The van der Waals surface area contributed by atoms with E-state index in [9.17, 15) is 9.90 Å². The van der Waals surface area contributed by atoms with Gasteiger partial charge in [-0.1, -0.05) is 76.9 Å². The Bertz CT molecular complexity index is 1960. The van der Waals surface area contributed by atoms with Crippen LogP contribution in [-0.4, -0.2) is 20.3 Å². The molecule has 0 aliphatic carbocycles. The first-order chi connectivity index (χ1) is 23.6. The Hall–Kier alpha value is -4.20. The fraction of sp³-hybridized carbons (Fsp3) is 0.119. The zero-order valence-corrected chi connectivity index (χ0v) is 33.3. The quantitative estimate of drug-likeness (QED) is 0.0979. The summed E-state index contributed by atoms with van der Waals surface area (Å²) in [5, 5.41) is 14.3. The second kappa shape index (κ2) is 18.2. The second-order valence-corrected chi connectivity index (χ2v) is 13.9. The van der Waals surface area contributed by atoms with Crippen LogP contribution >= 0.6 is 31.9 Å². The van der Waals surface area contributed by atoms with E-state index < -0.39 is 5.41 Å². The van der Waals surface area contributed by atoms with Gasteiger partial charge in [0.2, 0.25) is 0 Å². The van der Waals surface area contributed by atoms with Crippen molar-refractivity contribution in [2.24, 2.45) is 5.41 Å². The predicted molar refractivity (Wildman–Crippen MR) is 204 cm³/mol. The smallest absolute Gasteiger partial charge is 0.875 e. The van der Waals surface area contributed by atoms with E-state index in [0.717, 1.165) is 53.3 Å². The molecule has 8 heteroatoms. The number of carbonyl (C=O) groups is 1. The third kappa shape index (κ3) is 10.4. The molecule has 3 aromatic heterocycles. The van der Waals surface area contributed by atoms with Crippen molar-refractivity contribution >= 4 is 59.4 Å². The maximum Gasteiger partial charge on any atom is 3.00 e. The van der Waals surface area contributed by atoms with Crippen molar-refractivity contribution in [3.63, 3.8) is 0 Å². The number of aromatic nitrogens is 3. The summed E-state index contributed by atoms with van der Waals surface area (Å²) in [7, 11) is 0. The number of nitrogens with zero attached hydrogens (tertiary/aromatic N) is 3. The Kier molecular flexibility index (Phi) is 14.0. The Morgan fingerprint density at radius 3 is 1.56 bits per heavy atom. The van der Waals surface area contributed by atoms with Crippen molar-refractivity contribution in [1.82, 2.24) is 14.5 Å². The molecule has 0 spiro atoms. The fourth-order valence-electron chi connectivity index (χ4n) is 4.93. The topological polar surface area (TPSA) is 70.8 Å². The van der Waals surface area contributed by atoms with Gasteiger partial charge in [-0.25, -0.2) is 0 Å². The molecule has 0 saturated heterocycles. The standard InChI is InChI=1S/C20H19Br2NO2.2C11H8N.Ir/c1-20(2,3)19(25)10-14(24)11-23-17-6-4-12(21)8-15(17)16-9-13(22)5-7-18(16)23;2*1-2-6-10(7-3-1)11-8-4-5-9-12-11;/h4-10,25H,11H2,1-3H3;2*1-6,8-9H;/q;2*-1;+3/p-1/b19-10-;;;. The summed E-state index contributed by atoms with van der Waals surface area (Å²) in [6, 6.07) is 45.6. The van der Waals surface area contributed by atoms with Crippen LogP contribution in [0.25, 0.3) is 44.3 Å². The SMILES string of the molecule is CC(C)(C)/C([O-])=C/C(=O)Cn1c2ccc(Br)cc2c2cc(Br)ccc21.[Ir+3].[c-]1ccccc1-c1ccccn1.[c-]1ccccc1-c1ccccn1. The van der Waals surface area contributed by atoms with Crippen LogP contribution < -0.4 is 5.11 Å². The van der Waals surface area contributed by atoms with Crippen molar-refractivity contribution in [3.8, 4) is 22.5 Å². The van der Waals surface area contributed by atoms with Gasteiger partial charge in [0, 0.05) is 43.1 Å². The maximum atomic E-state index is 12.5. The molecule has 0 saturated carbocycles. The number of allylic oxidation sites excluding steroid dienone is 2. The minimum Gasteiger partial charge on any atom is -0.875 e. The van der Waals surface area contributed by atoms with Crippen LogP contribution in [0.15, 0.2) is 155 Å². The van der Waals surface area contributed by atoms with Crippen LogP contribution in [0.5, 0.6) is 0 Å². The second-order valence-electron chi connectivity index (χ2n) is 12.1. The largest absolute Gasteiger partial charge is 3.00 e. The van der Waals surface area contributed by atoms with Crippen molar-refractivity contribution in [2.45, 2.75) is 27.3 Å². The van der Waals surface area contributed by atoms with Gasteiger partial charge >= 0.3 is 20.1 Å². The number of halogens is 2. The van der Waals surface area contributed by atoms with E-state index in [1.165, 1.54) is 6.08 Å². The monoisotopic (exact) mass is 963 g/mol. The van der Waals surface area contributed by atoms with Gasteiger partial charge in [-0.3, -0.25) is 4.79 Å². The van der Waals surface area contributed by atoms with Gasteiger partial charge in [-0.05, 0) is 71.4 Å². The van der Waals surface area contributed by atoms with E-state index in [0.29, 0.717) is 0 Å². The van der Waals surface area contributed by atoms with Gasteiger partial charge in [0.15, 0.2) is 5.78 Å². The molecule has 0 N–H and O–H groups in total. The Morgan fingerprint density at radius 1 is 0.720 bits per heavy atom. The minimum atomic E-state index is -0.549. The zero-order valence-electron chi connectivity index (χ0n) is 27.7. The fourth-order valence-corrected chi connectivity index (χ4v) is 5.65. The van der Waals surface area contributed by atoms with Gasteiger partial charge in [-0.2, -0.15) is 0 Å². The molecule has 7 aromatic rings. The number of pyridine rings is 2.